The molecule has 1 aromatic rings. The van der Waals surface area contributed by atoms with Crippen molar-refractivity contribution in [1.82, 2.24) is 14.9 Å². The molecule has 5 rings (SSSR count). The van der Waals surface area contributed by atoms with Crippen molar-refractivity contribution in [3.63, 3.8) is 0 Å². The fraction of sp³-hybridized carbons (Fsp3) is 0.667. The Balaban J connectivity index is 1.70. The van der Waals surface area contributed by atoms with Crippen LogP contribution in [0, 0.1) is 5.92 Å². The molecule has 0 aromatic heterocycles. The Morgan fingerprint density at radius 3 is 2.62 bits per heavy atom. The molecule has 8 heteroatoms. The molecule has 3 fully saturated rings. The molecule has 160 valence electrons. The van der Waals surface area contributed by atoms with Gasteiger partial charge in [0, 0.05) is 12.6 Å². The van der Waals surface area contributed by atoms with Crippen molar-refractivity contribution < 1.29 is 17.9 Å². The lowest BCUT2D eigenvalue weighted by atomic mass is 9.83. The first-order valence-electron chi connectivity index (χ1n) is 10.7. The van der Waals surface area contributed by atoms with E-state index in [1.807, 2.05) is 0 Å². The Kier molecular flexibility index (Phi) is 5.86. The molecule has 3 saturated heterocycles. The average Bonchev–Trinajstić information content (AvgIpc) is 2.74. The zero-order valence-corrected chi connectivity index (χ0v) is 18.1. The van der Waals surface area contributed by atoms with E-state index in [1.165, 1.54) is 13.1 Å². The number of nitrogens with zero attached hydrogens (tertiary/aromatic N) is 1. The van der Waals surface area contributed by atoms with Crippen LogP contribution in [0.3, 0.4) is 0 Å². The predicted octanol–water partition coefficient (Wildman–Crippen LogP) is 2.08. The Hall–Kier alpha value is -1.64. The van der Waals surface area contributed by atoms with Gasteiger partial charge in [0.1, 0.15) is 5.75 Å². The van der Waals surface area contributed by atoms with E-state index in [2.05, 4.69) is 21.9 Å². The highest BCUT2D eigenvalue weighted by molar-refractivity contribution is 7.89. The average molecular weight is 422 g/mol. The number of benzene rings is 1. The molecule has 1 amide bonds. The molecule has 7 nitrogen and oxygen atoms in total. The van der Waals surface area contributed by atoms with Gasteiger partial charge in [-0.25, -0.2) is 13.1 Å². The Morgan fingerprint density at radius 2 is 2.00 bits per heavy atom. The van der Waals surface area contributed by atoms with Gasteiger partial charge in [0.15, 0.2) is 0 Å². The highest BCUT2D eigenvalue weighted by Gasteiger charge is 2.36. The van der Waals surface area contributed by atoms with Crippen LogP contribution in [-0.2, 0) is 10.0 Å². The van der Waals surface area contributed by atoms with Crippen LogP contribution in [0.2, 0.25) is 0 Å². The first-order chi connectivity index (χ1) is 13.9. The number of carbonyl (C=O) groups excluding carboxylic acids is 1. The largest absolute Gasteiger partial charge is 0.492 e. The van der Waals surface area contributed by atoms with Gasteiger partial charge in [-0.3, -0.25) is 4.79 Å². The third kappa shape index (κ3) is 4.02. The van der Waals surface area contributed by atoms with Gasteiger partial charge in [0.2, 0.25) is 10.0 Å². The van der Waals surface area contributed by atoms with Gasteiger partial charge in [0.05, 0.1) is 17.1 Å². The Morgan fingerprint density at radius 1 is 1.24 bits per heavy atom. The number of nitrogens with one attached hydrogen (secondary N) is 2. The Labute approximate surface area is 173 Å². The van der Waals surface area contributed by atoms with Gasteiger partial charge in [-0.2, -0.15) is 0 Å². The quantitative estimate of drug-likeness (QED) is 0.734. The molecular formula is C21H31N3O4S. The fourth-order valence-corrected chi connectivity index (χ4v) is 5.80. The number of rotatable bonds is 6. The zero-order valence-electron chi connectivity index (χ0n) is 17.2. The van der Waals surface area contributed by atoms with E-state index in [1.54, 1.807) is 6.07 Å². The number of fused-ring (bicyclic) bond motifs is 4. The SMILES string of the molecule is CCCC1CCOc2c(C(=O)NC3CN4CCC3CC4)cc(S(=O)(=O)NC)cc21. The van der Waals surface area contributed by atoms with Crippen LogP contribution in [0.25, 0.3) is 0 Å². The normalized spacial score (nSPS) is 28.5. The molecule has 2 N–H and O–H groups in total. The summed E-state index contributed by atoms with van der Waals surface area (Å²) in [6.45, 7) is 5.74. The standard InChI is InChI=1S/C21H31N3O4S/c1-3-4-14-7-10-28-20-17(14)11-16(29(26,27)22-2)12-18(20)21(25)23-19-13-24-8-5-15(19)6-9-24/h11-12,14-15,19,22H,3-10,13H2,1-2H3,(H,23,25). The van der Waals surface area contributed by atoms with Crippen LogP contribution in [-0.4, -0.2) is 58.6 Å². The number of amides is 1. The maximum absolute atomic E-state index is 13.3. The van der Waals surface area contributed by atoms with Crippen molar-refractivity contribution in [2.45, 2.75) is 55.9 Å². The van der Waals surface area contributed by atoms with Gasteiger partial charge in [0.25, 0.3) is 5.91 Å². The van der Waals surface area contributed by atoms with E-state index in [-0.39, 0.29) is 22.8 Å². The molecule has 2 bridgehead atoms. The minimum absolute atomic E-state index is 0.111. The summed E-state index contributed by atoms with van der Waals surface area (Å²) in [5, 5.41) is 3.18. The third-order valence-corrected chi connectivity index (χ3v) is 8.07. The number of sulfonamides is 1. The monoisotopic (exact) mass is 421 g/mol. The molecule has 0 saturated carbocycles. The molecule has 29 heavy (non-hydrogen) atoms. The second-order valence-electron chi connectivity index (χ2n) is 8.44. The molecular weight excluding hydrogens is 390 g/mol. The van der Waals surface area contributed by atoms with E-state index < -0.39 is 10.0 Å². The molecule has 4 heterocycles. The van der Waals surface area contributed by atoms with Gasteiger partial charge in [-0.1, -0.05) is 13.3 Å². The smallest absolute Gasteiger partial charge is 0.255 e. The van der Waals surface area contributed by atoms with E-state index in [4.69, 9.17) is 4.74 Å². The van der Waals surface area contributed by atoms with Crippen molar-refractivity contribution >= 4 is 15.9 Å². The lowest BCUT2D eigenvalue weighted by molar-refractivity contribution is 0.0617. The topological polar surface area (TPSA) is 87.7 Å². The summed E-state index contributed by atoms with van der Waals surface area (Å²) in [5.74, 6) is 1.03. The summed E-state index contributed by atoms with van der Waals surface area (Å²) in [4.78, 5) is 15.8. The third-order valence-electron chi connectivity index (χ3n) is 6.68. The second-order valence-corrected chi connectivity index (χ2v) is 10.3. The minimum Gasteiger partial charge on any atom is -0.492 e. The molecule has 1 aromatic carbocycles. The van der Waals surface area contributed by atoms with Gasteiger partial charge in [-0.05, 0) is 75.4 Å². The maximum Gasteiger partial charge on any atom is 0.255 e. The van der Waals surface area contributed by atoms with Gasteiger partial charge in [-0.15, -0.1) is 0 Å². The molecule has 0 spiro atoms. The molecule has 4 aliphatic heterocycles. The van der Waals surface area contributed by atoms with E-state index >= 15 is 0 Å². The number of piperidine rings is 3. The zero-order chi connectivity index (χ0) is 20.6. The summed E-state index contributed by atoms with van der Waals surface area (Å²) in [7, 11) is -2.27. The molecule has 4 aliphatic rings. The predicted molar refractivity (Wildman–Crippen MR) is 111 cm³/mol. The van der Waals surface area contributed by atoms with E-state index in [0.717, 1.165) is 57.3 Å². The van der Waals surface area contributed by atoms with Crippen molar-refractivity contribution in [2.24, 2.45) is 5.92 Å². The van der Waals surface area contributed by atoms with Crippen LogP contribution in [0.15, 0.2) is 17.0 Å². The minimum atomic E-state index is -3.66. The molecule has 2 unspecified atom stereocenters. The highest BCUT2D eigenvalue weighted by atomic mass is 32.2. The van der Waals surface area contributed by atoms with Crippen LogP contribution in [0.5, 0.6) is 5.75 Å². The summed E-state index contributed by atoms with van der Waals surface area (Å²) in [6.07, 6.45) is 4.98. The molecule has 0 radical (unpaired) electrons. The number of ether oxygens (including phenoxy) is 1. The van der Waals surface area contributed by atoms with Crippen LogP contribution >= 0.6 is 0 Å². The summed E-state index contributed by atoms with van der Waals surface area (Å²) < 4.78 is 33.4. The number of hydrogen-bond donors (Lipinski definition) is 2. The first-order valence-corrected chi connectivity index (χ1v) is 12.2. The maximum atomic E-state index is 13.3. The summed E-state index contributed by atoms with van der Waals surface area (Å²) >= 11 is 0. The summed E-state index contributed by atoms with van der Waals surface area (Å²) in [5.41, 5.74) is 1.18. The molecule has 2 atom stereocenters. The fourth-order valence-electron chi connectivity index (χ4n) is 5.01. The van der Waals surface area contributed by atoms with Crippen molar-refractivity contribution in [3.05, 3.63) is 23.3 Å². The van der Waals surface area contributed by atoms with Crippen LogP contribution in [0.1, 0.15) is 60.9 Å². The van der Waals surface area contributed by atoms with E-state index in [0.29, 0.717) is 23.8 Å². The lowest BCUT2D eigenvalue weighted by Gasteiger charge is -2.45. The van der Waals surface area contributed by atoms with Crippen LogP contribution in [0.4, 0.5) is 0 Å². The second kappa shape index (κ2) is 8.24. The van der Waals surface area contributed by atoms with Gasteiger partial charge < -0.3 is 15.0 Å². The Bertz CT molecular complexity index is 878. The summed E-state index contributed by atoms with van der Waals surface area (Å²) in [6, 6.07) is 3.27. The van der Waals surface area contributed by atoms with Crippen LogP contribution < -0.4 is 14.8 Å². The van der Waals surface area contributed by atoms with Crippen molar-refractivity contribution in [2.75, 3.05) is 33.3 Å². The molecule has 0 aliphatic carbocycles. The van der Waals surface area contributed by atoms with E-state index in [9.17, 15) is 13.2 Å². The first kappa shape index (κ1) is 20.6. The number of carbonyl (C=O) groups is 1. The van der Waals surface area contributed by atoms with Gasteiger partial charge >= 0.3 is 0 Å². The van der Waals surface area contributed by atoms with Crippen molar-refractivity contribution in [1.29, 1.82) is 0 Å². The number of hydrogen-bond acceptors (Lipinski definition) is 5. The lowest BCUT2D eigenvalue weighted by Crippen LogP contribution is -2.57. The van der Waals surface area contributed by atoms with Crippen molar-refractivity contribution in [3.8, 4) is 5.75 Å². The highest BCUT2D eigenvalue weighted by Crippen LogP contribution is 2.40.